The van der Waals surface area contributed by atoms with Gasteiger partial charge in [0.25, 0.3) is 0 Å². The molecule has 0 amide bonds. The zero-order chi connectivity index (χ0) is 13.8. The summed E-state index contributed by atoms with van der Waals surface area (Å²) in [4.78, 5) is 28.3. The van der Waals surface area contributed by atoms with Gasteiger partial charge in [0.15, 0.2) is 12.8 Å². The Morgan fingerprint density at radius 2 is 1.83 bits per heavy atom. The lowest BCUT2D eigenvalue weighted by Crippen LogP contribution is -2.45. The molecule has 7 nitrogen and oxygen atoms in total. The molecule has 0 radical (unpaired) electrons. The van der Waals surface area contributed by atoms with E-state index in [4.69, 9.17) is 14.9 Å². The highest BCUT2D eigenvalue weighted by Crippen LogP contribution is 2.38. The highest BCUT2D eigenvalue weighted by molar-refractivity contribution is 7.51. The second-order valence-electron chi connectivity index (χ2n) is 4.06. The molecular weight excluding hydrogens is 261 g/mol. The molecule has 1 aromatic carbocycles. The quantitative estimate of drug-likeness (QED) is 0.400. The topological polar surface area (TPSA) is 118 Å². The molecule has 0 aliphatic heterocycles. The van der Waals surface area contributed by atoms with Crippen molar-refractivity contribution in [3.8, 4) is 0 Å². The Morgan fingerprint density at radius 1 is 1.28 bits per heavy atom. The van der Waals surface area contributed by atoms with Crippen molar-refractivity contribution >= 4 is 13.6 Å². The van der Waals surface area contributed by atoms with E-state index in [9.17, 15) is 14.6 Å². The highest BCUT2D eigenvalue weighted by Gasteiger charge is 2.30. The summed E-state index contributed by atoms with van der Waals surface area (Å²) in [6.07, 6.45) is -1.05. The summed E-state index contributed by atoms with van der Waals surface area (Å²) in [6.45, 7) is -1.18. The number of nitrogens with zero attached hydrogens (tertiary/aromatic N) is 1. The molecule has 0 heterocycles. The first-order valence-corrected chi connectivity index (χ1v) is 6.87. The van der Waals surface area contributed by atoms with Gasteiger partial charge in [-0.05, 0) is 0 Å². The van der Waals surface area contributed by atoms with E-state index in [2.05, 4.69) is 0 Å². The molecule has 1 unspecified atom stereocenters. The smallest absolute Gasteiger partial charge is 0.379 e. The summed E-state index contributed by atoms with van der Waals surface area (Å²) < 4.78 is 9.42. The van der Waals surface area contributed by atoms with E-state index >= 15 is 0 Å². The number of rotatable bonds is 6. The molecule has 18 heavy (non-hydrogen) atoms. The number of hydrogen-bond donors (Lipinski definition) is 3. The number of carbonyl (C=O) groups is 1. The molecule has 1 rings (SSSR count). The van der Waals surface area contributed by atoms with E-state index in [0.717, 1.165) is 0 Å². The van der Waals surface area contributed by atoms with Crippen LogP contribution in [0.25, 0.3) is 0 Å². The average molecular weight is 275 g/mol. The predicted molar refractivity (Wildman–Crippen MR) is 63.2 cm³/mol. The van der Waals surface area contributed by atoms with Crippen LogP contribution in [0, 0.1) is 5.21 Å². The van der Waals surface area contributed by atoms with Gasteiger partial charge in [0, 0.05) is 5.56 Å². The highest BCUT2D eigenvalue weighted by atomic mass is 31.2. The maximum absolute atomic E-state index is 12.2. The molecule has 0 aromatic heterocycles. The van der Waals surface area contributed by atoms with Crippen LogP contribution in [0.3, 0.4) is 0 Å². The number of quaternary nitrogens is 1. The van der Waals surface area contributed by atoms with Crippen LogP contribution >= 0.6 is 7.60 Å². The van der Waals surface area contributed by atoms with Gasteiger partial charge in [-0.1, -0.05) is 30.3 Å². The molecule has 1 atom stereocenters. The maximum Gasteiger partial charge on any atom is 0.379 e. The SMILES string of the molecule is O=C(O)C[N+]([O-])(Cc1ccccc1)CP(=O)(O)O. The zero-order valence-electron chi connectivity index (χ0n) is 9.47. The lowest BCUT2D eigenvalue weighted by molar-refractivity contribution is -0.876. The van der Waals surface area contributed by atoms with Crippen molar-refractivity contribution in [3.05, 3.63) is 41.1 Å². The van der Waals surface area contributed by atoms with Gasteiger partial charge in [0.1, 0.15) is 6.54 Å². The molecule has 100 valence electrons. The van der Waals surface area contributed by atoms with Crippen molar-refractivity contribution in [1.29, 1.82) is 0 Å². The zero-order valence-corrected chi connectivity index (χ0v) is 10.4. The van der Waals surface area contributed by atoms with Crippen LogP contribution in [0.5, 0.6) is 0 Å². The summed E-state index contributed by atoms with van der Waals surface area (Å²) in [6, 6.07) is 8.26. The first kappa shape index (κ1) is 14.8. The molecule has 3 N–H and O–H groups in total. The lowest BCUT2D eigenvalue weighted by Gasteiger charge is -2.41. The number of carboxylic acid groups (broad SMARTS) is 1. The van der Waals surface area contributed by atoms with Gasteiger partial charge in [0.05, 0.1) is 0 Å². The van der Waals surface area contributed by atoms with Crippen molar-refractivity contribution < 1.29 is 28.9 Å². The standard InChI is InChI=1S/C10H14NO6P/c12-10(13)7-11(14,8-18(15,16)17)6-9-4-2-1-3-5-9/h1-5H,6-8H2,(H,12,13)(H2,15,16,17). The second kappa shape index (κ2) is 5.60. The number of hydrogen-bond acceptors (Lipinski definition) is 3. The lowest BCUT2D eigenvalue weighted by atomic mass is 10.2. The van der Waals surface area contributed by atoms with Crippen molar-refractivity contribution in [2.45, 2.75) is 6.54 Å². The van der Waals surface area contributed by atoms with Gasteiger partial charge >= 0.3 is 13.6 Å². The normalized spacial score (nSPS) is 15.1. The summed E-state index contributed by atoms with van der Waals surface area (Å²) in [5, 5.41) is 20.8. The second-order valence-corrected chi connectivity index (χ2v) is 5.67. The Hall–Kier alpha value is -1.24. The molecule has 0 spiro atoms. The third kappa shape index (κ3) is 5.39. The van der Waals surface area contributed by atoms with E-state index in [1.54, 1.807) is 30.3 Å². The van der Waals surface area contributed by atoms with Gasteiger partial charge in [0.2, 0.25) is 0 Å². The minimum Gasteiger partial charge on any atom is -0.632 e. The summed E-state index contributed by atoms with van der Waals surface area (Å²) >= 11 is 0. The van der Waals surface area contributed by atoms with Crippen LogP contribution in [-0.2, 0) is 15.9 Å². The summed E-state index contributed by atoms with van der Waals surface area (Å²) in [5.41, 5.74) is 0.530. The van der Waals surface area contributed by atoms with Crippen molar-refractivity contribution in [1.82, 2.24) is 0 Å². The fourth-order valence-electron chi connectivity index (χ4n) is 1.65. The fourth-order valence-corrected chi connectivity index (χ4v) is 2.53. The maximum atomic E-state index is 12.2. The fraction of sp³-hybridized carbons (Fsp3) is 0.300. The molecule has 0 bridgehead atoms. The van der Waals surface area contributed by atoms with E-state index in [1.807, 2.05) is 0 Å². The van der Waals surface area contributed by atoms with Crippen molar-refractivity contribution in [2.24, 2.45) is 0 Å². The summed E-state index contributed by atoms with van der Waals surface area (Å²) in [5.74, 6) is -1.39. The number of hydroxylamine groups is 3. The third-order valence-corrected chi connectivity index (χ3v) is 3.06. The van der Waals surface area contributed by atoms with Crippen molar-refractivity contribution in [2.75, 3.05) is 12.8 Å². The Morgan fingerprint density at radius 3 is 2.28 bits per heavy atom. The Kier molecular flexibility index (Phi) is 4.61. The van der Waals surface area contributed by atoms with E-state index in [0.29, 0.717) is 5.56 Å². The van der Waals surface area contributed by atoms with E-state index in [-0.39, 0.29) is 6.54 Å². The van der Waals surface area contributed by atoms with Gasteiger partial charge in [-0.3, -0.25) is 4.57 Å². The third-order valence-electron chi connectivity index (χ3n) is 2.18. The van der Waals surface area contributed by atoms with Crippen LogP contribution in [0.1, 0.15) is 5.56 Å². The van der Waals surface area contributed by atoms with Gasteiger partial charge in [-0.25, -0.2) is 4.79 Å². The first-order chi connectivity index (χ1) is 8.20. The number of carboxylic acids is 1. The molecule has 0 aliphatic rings. The van der Waals surface area contributed by atoms with Crippen LogP contribution in [-0.4, -0.2) is 38.3 Å². The monoisotopic (exact) mass is 275 g/mol. The van der Waals surface area contributed by atoms with Gasteiger partial charge in [-0.15, -0.1) is 0 Å². The van der Waals surface area contributed by atoms with Crippen LogP contribution in [0.2, 0.25) is 0 Å². The molecule has 1 aromatic rings. The average Bonchev–Trinajstić information content (AvgIpc) is 2.13. The van der Waals surface area contributed by atoms with Crippen LogP contribution < -0.4 is 0 Å². The molecule has 0 fully saturated rings. The summed E-state index contributed by atoms with van der Waals surface area (Å²) in [7, 11) is -4.58. The van der Waals surface area contributed by atoms with E-state index in [1.165, 1.54) is 0 Å². The predicted octanol–water partition coefficient (Wildman–Crippen LogP) is 0.721. The Bertz CT molecular complexity index is 459. The van der Waals surface area contributed by atoms with Crippen molar-refractivity contribution in [3.63, 3.8) is 0 Å². The van der Waals surface area contributed by atoms with Crippen LogP contribution in [0.4, 0.5) is 0 Å². The molecule has 0 aliphatic carbocycles. The molecule has 0 saturated carbocycles. The first-order valence-electron chi connectivity index (χ1n) is 5.08. The molecule has 8 heteroatoms. The van der Waals surface area contributed by atoms with Crippen LogP contribution in [0.15, 0.2) is 30.3 Å². The Labute approximate surface area is 104 Å². The van der Waals surface area contributed by atoms with Gasteiger partial charge < -0.3 is 24.7 Å². The van der Waals surface area contributed by atoms with E-state index < -0.39 is 31.0 Å². The molecular formula is C10H14NO6P. The van der Waals surface area contributed by atoms with Gasteiger partial charge in [-0.2, -0.15) is 0 Å². The number of benzene rings is 1. The minimum atomic E-state index is -4.58. The largest absolute Gasteiger partial charge is 0.632 e. The Balaban J connectivity index is 2.90. The molecule has 0 saturated heterocycles. The number of aliphatic carboxylic acids is 1. The minimum absolute atomic E-state index is 0.293.